The summed E-state index contributed by atoms with van der Waals surface area (Å²) in [6, 6.07) is 15.1. The smallest absolute Gasteiger partial charge is 0.180 e. The van der Waals surface area contributed by atoms with Crippen molar-refractivity contribution in [1.82, 2.24) is 5.32 Å². The lowest BCUT2D eigenvalue weighted by atomic mass is 10.2. The monoisotopic (exact) mass is 426 g/mol. The number of halogens is 3. The van der Waals surface area contributed by atoms with Crippen molar-refractivity contribution in [3.8, 4) is 11.5 Å². The van der Waals surface area contributed by atoms with Gasteiger partial charge in [0.2, 0.25) is 0 Å². The highest BCUT2D eigenvalue weighted by Crippen LogP contribution is 2.37. The van der Waals surface area contributed by atoms with Crippen LogP contribution in [0.4, 0.5) is 0 Å². The molecule has 27 heavy (non-hydrogen) atoms. The lowest BCUT2D eigenvalue weighted by Gasteiger charge is -2.15. The summed E-state index contributed by atoms with van der Waals surface area (Å²) in [7, 11) is 1.59. The molecule has 4 nitrogen and oxygen atoms in total. The highest BCUT2D eigenvalue weighted by Gasteiger charge is 2.13. The Balaban J connectivity index is 0.00000261. The molecule has 0 saturated carbocycles. The maximum absolute atomic E-state index is 6.41. The van der Waals surface area contributed by atoms with E-state index in [0.29, 0.717) is 41.2 Å². The lowest BCUT2D eigenvalue weighted by molar-refractivity contribution is -0.00000615. The molecule has 0 aliphatic heterocycles. The highest BCUT2D eigenvalue weighted by molar-refractivity contribution is 6.32. The Morgan fingerprint density at radius 3 is 2.52 bits per heavy atom. The van der Waals surface area contributed by atoms with Gasteiger partial charge in [0.15, 0.2) is 11.5 Å². The van der Waals surface area contributed by atoms with E-state index in [4.69, 9.17) is 37.1 Å². The molecule has 0 spiro atoms. The quantitative estimate of drug-likeness (QED) is 0.600. The van der Waals surface area contributed by atoms with E-state index in [1.807, 2.05) is 48.5 Å². The maximum atomic E-state index is 6.41. The molecular weight excluding hydrogens is 409 g/mol. The van der Waals surface area contributed by atoms with Gasteiger partial charge in [-0.1, -0.05) is 41.4 Å². The average molecular weight is 428 g/mol. The largest absolute Gasteiger partial charge is 1.00 e. The van der Waals surface area contributed by atoms with Crippen LogP contribution in [0.15, 0.2) is 59.2 Å². The molecule has 144 valence electrons. The van der Waals surface area contributed by atoms with Gasteiger partial charge in [-0.3, -0.25) is 0 Å². The van der Waals surface area contributed by atoms with Crippen LogP contribution in [0.2, 0.25) is 10.0 Å². The zero-order chi connectivity index (χ0) is 18.4. The first kappa shape index (κ1) is 21.5. The second kappa shape index (κ2) is 10.5. The third-order valence-electron chi connectivity index (χ3n) is 3.83. The van der Waals surface area contributed by atoms with Gasteiger partial charge in [-0.05, 0) is 35.9 Å². The van der Waals surface area contributed by atoms with Crippen LogP contribution >= 0.6 is 23.2 Å². The summed E-state index contributed by atoms with van der Waals surface area (Å²) in [4.78, 5) is 0. The average Bonchev–Trinajstić information content (AvgIpc) is 3.15. The van der Waals surface area contributed by atoms with E-state index < -0.39 is 0 Å². The van der Waals surface area contributed by atoms with Crippen LogP contribution in [-0.4, -0.2) is 7.11 Å². The molecule has 2 aromatic carbocycles. The molecule has 3 rings (SSSR count). The Morgan fingerprint density at radius 1 is 1.00 bits per heavy atom. The van der Waals surface area contributed by atoms with Crippen LogP contribution in [0, 0.1) is 0 Å². The van der Waals surface area contributed by atoms with Crippen LogP contribution in [0.25, 0.3) is 0 Å². The first-order valence-electron chi connectivity index (χ1n) is 8.13. The Bertz CT molecular complexity index is 854. The van der Waals surface area contributed by atoms with Gasteiger partial charge in [-0.2, -0.15) is 0 Å². The number of nitrogens with one attached hydrogen (secondary N) is 1. The van der Waals surface area contributed by atoms with Crippen molar-refractivity contribution in [2.45, 2.75) is 19.7 Å². The van der Waals surface area contributed by atoms with Crippen molar-refractivity contribution in [1.29, 1.82) is 0 Å². The fraction of sp³-hybridized carbons (Fsp3) is 0.200. The van der Waals surface area contributed by atoms with Crippen molar-refractivity contribution >= 4 is 23.2 Å². The van der Waals surface area contributed by atoms with Gasteiger partial charge in [0.1, 0.15) is 12.4 Å². The standard InChI is InChI=1S/C20H19Cl2NO3.ClH/c1-24-19-10-14(11-23-12-16-6-4-8-25-16)9-18(22)20(19)26-13-15-5-2-3-7-17(15)21;/h2-10,23H,11-13H2,1H3;1H/p-1. The van der Waals surface area contributed by atoms with E-state index in [1.165, 1.54) is 0 Å². The van der Waals surface area contributed by atoms with Crippen LogP contribution in [0.3, 0.4) is 0 Å². The number of hydrogen-bond acceptors (Lipinski definition) is 4. The summed E-state index contributed by atoms with van der Waals surface area (Å²) in [6.45, 7) is 1.57. The maximum Gasteiger partial charge on any atom is 0.180 e. The number of ether oxygens (including phenoxy) is 2. The molecule has 0 unspecified atom stereocenters. The first-order valence-corrected chi connectivity index (χ1v) is 8.88. The highest BCUT2D eigenvalue weighted by atomic mass is 35.5. The predicted molar refractivity (Wildman–Crippen MR) is 103 cm³/mol. The van der Waals surface area contributed by atoms with Crippen LogP contribution < -0.4 is 27.2 Å². The summed E-state index contributed by atoms with van der Waals surface area (Å²) in [5.74, 6) is 1.96. The van der Waals surface area contributed by atoms with Gasteiger partial charge < -0.3 is 31.6 Å². The topological polar surface area (TPSA) is 43.6 Å². The lowest BCUT2D eigenvalue weighted by Crippen LogP contribution is -3.00. The van der Waals surface area contributed by atoms with Crippen LogP contribution in [0.5, 0.6) is 11.5 Å². The van der Waals surface area contributed by atoms with Gasteiger partial charge in [-0.15, -0.1) is 0 Å². The molecule has 0 bridgehead atoms. The Morgan fingerprint density at radius 2 is 1.81 bits per heavy atom. The minimum Gasteiger partial charge on any atom is -1.00 e. The number of furan rings is 1. The van der Waals surface area contributed by atoms with Crippen molar-refractivity contribution in [3.05, 3.63) is 81.7 Å². The molecule has 1 heterocycles. The number of rotatable bonds is 8. The Hall–Kier alpha value is -1.85. The van der Waals surface area contributed by atoms with E-state index in [9.17, 15) is 0 Å². The van der Waals surface area contributed by atoms with E-state index in [-0.39, 0.29) is 12.4 Å². The molecule has 0 aliphatic carbocycles. The van der Waals surface area contributed by atoms with E-state index >= 15 is 0 Å². The summed E-state index contributed by atoms with van der Waals surface area (Å²) in [5, 5.41) is 4.45. The van der Waals surface area contributed by atoms with Gasteiger partial charge in [0, 0.05) is 17.1 Å². The molecule has 7 heteroatoms. The van der Waals surface area contributed by atoms with Gasteiger partial charge in [0.05, 0.1) is 24.9 Å². The number of methoxy groups -OCH3 is 1. The Kier molecular flexibility index (Phi) is 8.32. The molecule has 3 aromatic rings. The van der Waals surface area contributed by atoms with Crippen molar-refractivity contribution in [2.75, 3.05) is 7.11 Å². The zero-order valence-corrected chi connectivity index (χ0v) is 16.9. The molecule has 0 aliphatic rings. The van der Waals surface area contributed by atoms with Crippen molar-refractivity contribution in [2.24, 2.45) is 0 Å². The summed E-state index contributed by atoms with van der Waals surface area (Å²) in [5.41, 5.74) is 1.87. The minimum atomic E-state index is 0. The third-order valence-corrected chi connectivity index (χ3v) is 4.48. The molecule has 0 atom stereocenters. The molecule has 1 N–H and O–H groups in total. The summed E-state index contributed by atoms with van der Waals surface area (Å²) >= 11 is 12.6. The summed E-state index contributed by atoms with van der Waals surface area (Å²) in [6.07, 6.45) is 1.65. The normalized spacial score (nSPS) is 10.3. The van der Waals surface area contributed by atoms with Crippen LogP contribution in [-0.2, 0) is 19.7 Å². The van der Waals surface area contributed by atoms with E-state index in [2.05, 4.69) is 5.32 Å². The van der Waals surface area contributed by atoms with Gasteiger partial charge in [0.25, 0.3) is 0 Å². The van der Waals surface area contributed by atoms with Gasteiger partial charge >= 0.3 is 0 Å². The third kappa shape index (κ3) is 5.81. The zero-order valence-electron chi connectivity index (χ0n) is 14.7. The second-order valence-corrected chi connectivity index (χ2v) is 6.49. The molecule has 0 fully saturated rings. The SMILES string of the molecule is COc1cc(CNCc2ccco2)cc(Cl)c1OCc1ccccc1Cl.[Cl-]. The fourth-order valence-corrected chi connectivity index (χ4v) is 3.00. The fourth-order valence-electron chi connectivity index (χ4n) is 2.52. The molecular formula is C20H19Cl3NO3-. The van der Waals surface area contributed by atoms with Gasteiger partial charge in [-0.25, -0.2) is 0 Å². The molecule has 0 amide bonds. The first-order chi connectivity index (χ1) is 12.7. The van der Waals surface area contributed by atoms with E-state index in [1.54, 1.807) is 13.4 Å². The molecule has 0 radical (unpaired) electrons. The molecule has 1 aromatic heterocycles. The second-order valence-electron chi connectivity index (χ2n) is 5.67. The van der Waals surface area contributed by atoms with Crippen molar-refractivity contribution in [3.63, 3.8) is 0 Å². The predicted octanol–water partition coefficient (Wildman–Crippen LogP) is 2.47. The molecule has 0 saturated heterocycles. The van der Waals surface area contributed by atoms with Crippen LogP contribution in [0.1, 0.15) is 16.9 Å². The minimum absolute atomic E-state index is 0. The number of hydrogen-bond donors (Lipinski definition) is 1. The van der Waals surface area contributed by atoms with E-state index in [0.717, 1.165) is 16.9 Å². The summed E-state index contributed by atoms with van der Waals surface area (Å²) < 4.78 is 16.6. The Labute approximate surface area is 174 Å². The van der Waals surface area contributed by atoms with Crippen molar-refractivity contribution < 1.29 is 26.3 Å². The number of benzene rings is 2.